The highest BCUT2D eigenvalue weighted by atomic mass is 16.2. The van der Waals surface area contributed by atoms with Crippen LogP contribution in [0.3, 0.4) is 0 Å². The molecule has 23 heavy (non-hydrogen) atoms. The molecule has 6 heteroatoms. The molecule has 6 nitrogen and oxygen atoms in total. The van der Waals surface area contributed by atoms with E-state index in [0.717, 1.165) is 25.9 Å². The lowest BCUT2D eigenvalue weighted by Crippen LogP contribution is -2.40. The number of carbonyl (C=O) groups excluding carboxylic acids is 1. The smallest absolute Gasteiger partial charge is 0.328 e. The van der Waals surface area contributed by atoms with E-state index in [9.17, 15) is 14.4 Å². The standard InChI is InChI=1S/C17H21N3O3/c1-12-5-4-9-19(11-12)15(21)8-10-20-14-7-3-2-6-13(14)16(22)18-17(20)23/h2-3,6-7,12H,4-5,8-11H2,1H3,(H,18,22,23)/t12-/m1/s1. The minimum Gasteiger partial charge on any atom is -0.342 e. The van der Waals surface area contributed by atoms with Crippen molar-refractivity contribution in [1.29, 1.82) is 0 Å². The van der Waals surface area contributed by atoms with Gasteiger partial charge in [0.2, 0.25) is 5.91 Å². The highest BCUT2D eigenvalue weighted by Gasteiger charge is 2.21. The number of para-hydroxylation sites is 1. The van der Waals surface area contributed by atoms with Gasteiger partial charge >= 0.3 is 5.69 Å². The fourth-order valence-electron chi connectivity index (χ4n) is 3.25. The molecule has 0 unspecified atom stereocenters. The maximum absolute atomic E-state index is 12.4. The highest BCUT2D eigenvalue weighted by Crippen LogP contribution is 2.16. The van der Waals surface area contributed by atoms with Gasteiger partial charge in [0, 0.05) is 26.1 Å². The molecule has 1 aliphatic rings. The number of aryl methyl sites for hydroxylation is 1. The third-order valence-electron chi connectivity index (χ3n) is 4.46. The normalized spacial score (nSPS) is 18.3. The first-order valence-corrected chi connectivity index (χ1v) is 8.06. The number of H-pyrrole nitrogens is 1. The van der Waals surface area contributed by atoms with Gasteiger partial charge in [-0.15, -0.1) is 0 Å². The number of hydrogen-bond acceptors (Lipinski definition) is 3. The molecule has 1 atom stereocenters. The number of aromatic nitrogens is 2. The molecule has 0 radical (unpaired) electrons. The first-order valence-electron chi connectivity index (χ1n) is 8.06. The van der Waals surface area contributed by atoms with Gasteiger partial charge in [-0.3, -0.25) is 19.1 Å². The molecule has 122 valence electrons. The van der Waals surface area contributed by atoms with Crippen molar-refractivity contribution in [3.63, 3.8) is 0 Å². The molecule has 3 rings (SSSR count). The third-order valence-corrected chi connectivity index (χ3v) is 4.46. The Balaban J connectivity index is 1.81. The van der Waals surface area contributed by atoms with Crippen LogP contribution in [0, 0.1) is 5.92 Å². The van der Waals surface area contributed by atoms with Gasteiger partial charge in [-0.25, -0.2) is 4.79 Å². The molecule has 1 aliphatic heterocycles. The zero-order valence-corrected chi connectivity index (χ0v) is 13.2. The number of piperidine rings is 1. The van der Waals surface area contributed by atoms with E-state index in [1.807, 2.05) is 4.90 Å². The molecule has 0 bridgehead atoms. The van der Waals surface area contributed by atoms with Gasteiger partial charge in [0.1, 0.15) is 0 Å². The van der Waals surface area contributed by atoms with Crippen LogP contribution < -0.4 is 11.2 Å². The zero-order valence-electron chi connectivity index (χ0n) is 13.2. The Labute approximate surface area is 133 Å². The van der Waals surface area contributed by atoms with E-state index < -0.39 is 11.2 Å². The molecule has 0 aliphatic carbocycles. The van der Waals surface area contributed by atoms with Gasteiger partial charge < -0.3 is 4.90 Å². The predicted molar refractivity (Wildman–Crippen MR) is 88.4 cm³/mol. The summed E-state index contributed by atoms with van der Waals surface area (Å²) in [6.45, 7) is 4.02. The number of amides is 1. The van der Waals surface area contributed by atoms with Crippen LogP contribution in [0.2, 0.25) is 0 Å². The predicted octanol–water partition coefficient (Wildman–Crippen LogP) is 1.34. The van der Waals surface area contributed by atoms with E-state index in [2.05, 4.69) is 11.9 Å². The summed E-state index contributed by atoms with van der Waals surface area (Å²) in [4.78, 5) is 40.5. The number of rotatable bonds is 3. The van der Waals surface area contributed by atoms with Crippen molar-refractivity contribution in [2.45, 2.75) is 32.7 Å². The lowest BCUT2D eigenvalue weighted by Gasteiger charge is -2.31. The van der Waals surface area contributed by atoms with E-state index in [1.165, 1.54) is 4.57 Å². The Morgan fingerprint density at radius 1 is 1.30 bits per heavy atom. The molecule has 0 saturated carbocycles. The van der Waals surface area contributed by atoms with Gasteiger partial charge in [-0.2, -0.15) is 0 Å². The van der Waals surface area contributed by atoms with Crippen molar-refractivity contribution < 1.29 is 4.79 Å². The number of aromatic amines is 1. The van der Waals surface area contributed by atoms with Crippen LogP contribution in [0.1, 0.15) is 26.2 Å². The maximum Gasteiger partial charge on any atom is 0.328 e. The summed E-state index contributed by atoms with van der Waals surface area (Å²) in [5.74, 6) is 0.600. The SMILES string of the molecule is C[C@@H]1CCCN(C(=O)CCn2c(=O)[nH]c(=O)c3ccccc32)C1. The second-order valence-corrected chi connectivity index (χ2v) is 6.27. The van der Waals surface area contributed by atoms with Crippen LogP contribution in [-0.4, -0.2) is 33.4 Å². The molecule has 1 aromatic carbocycles. The zero-order chi connectivity index (χ0) is 16.4. The quantitative estimate of drug-likeness (QED) is 0.928. The Morgan fingerprint density at radius 3 is 2.87 bits per heavy atom. The lowest BCUT2D eigenvalue weighted by atomic mass is 10.00. The van der Waals surface area contributed by atoms with Crippen LogP contribution in [0.4, 0.5) is 0 Å². The Hall–Kier alpha value is -2.37. The van der Waals surface area contributed by atoms with E-state index in [4.69, 9.17) is 0 Å². The number of benzene rings is 1. The summed E-state index contributed by atoms with van der Waals surface area (Å²) >= 11 is 0. The number of fused-ring (bicyclic) bond motifs is 1. The van der Waals surface area contributed by atoms with E-state index in [-0.39, 0.29) is 18.9 Å². The van der Waals surface area contributed by atoms with Gasteiger partial charge in [0.15, 0.2) is 0 Å². The second-order valence-electron chi connectivity index (χ2n) is 6.27. The summed E-state index contributed by atoms with van der Waals surface area (Å²) in [6.07, 6.45) is 2.46. The monoisotopic (exact) mass is 315 g/mol. The van der Waals surface area contributed by atoms with Gasteiger partial charge in [-0.1, -0.05) is 19.1 Å². The van der Waals surface area contributed by atoms with Gasteiger partial charge in [0.25, 0.3) is 5.56 Å². The van der Waals surface area contributed by atoms with Crippen LogP contribution >= 0.6 is 0 Å². The maximum atomic E-state index is 12.4. The van der Waals surface area contributed by atoms with Crippen molar-refractivity contribution >= 4 is 16.8 Å². The Morgan fingerprint density at radius 2 is 2.09 bits per heavy atom. The molecule has 1 N–H and O–H groups in total. The highest BCUT2D eigenvalue weighted by molar-refractivity contribution is 5.79. The summed E-state index contributed by atoms with van der Waals surface area (Å²) in [5, 5.41) is 0.464. The summed E-state index contributed by atoms with van der Waals surface area (Å²) in [5.41, 5.74) is -0.285. The number of likely N-dealkylation sites (tertiary alicyclic amines) is 1. The fraction of sp³-hybridized carbons (Fsp3) is 0.471. The van der Waals surface area contributed by atoms with Crippen LogP contribution in [-0.2, 0) is 11.3 Å². The van der Waals surface area contributed by atoms with Gasteiger partial charge in [0.05, 0.1) is 10.9 Å². The van der Waals surface area contributed by atoms with Crippen LogP contribution in [0.5, 0.6) is 0 Å². The number of hydrogen-bond donors (Lipinski definition) is 1. The Bertz CT molecular complexity index is 837. The molecule has 1 amide bonds. The van der Waals surface area contributed by atoms with Crippen molar-refractivity contribution in [3.8, 4) is 0 Å². The average molecular weight is 315 g/mol. The van der Waals surface area contributed by atoms with E-state index >= 15 is 0 Å². The fourth-order valence-corrected chi connectivity index (χ4v) is 3.25. The summed E-state index contributed by atoms with van der Waals surface area (Å²) in [6, 6.07) is 6.95. The second kappa shape index (κ2) is 6.40. The summed E-state index contributed by atoms with van der Waals surface area (Å²) < 4.78 is 1.47. The molecule has 1 fully saturated rings. The lowest BCUT2D eigenvalue weighted by molar-refractivity contribution is -0.133. The number of nitrogens with zero attached hydrogens (tertiary/aromatic N) is 2. The first kappa shape index (κ1) is 15.5. The van der Waals surface area contributed by atoms with Crippen LogP contribution in [0.25, 0.3) is 10.9 Å². The third kappa shape index (κ3) is 3.21. The van der Waals surface area contributed by atoms with Crippen molar-refractivity contribution in [3.05, 3.63) is 45.1 Å². The van der Waals surface area contributed by atoms with Crippen molar-refractivity contribution in [1.82, 2.24) is 14.5 Å². The van der Waals surface area contributed by atoms with Crippen molar-refractivity contribution in [2.75, 3.05) is 13.1 Å². The Kier molecular flexibility index (Phi) is 4.32. The minimum atomic E-state index is -0.464. The van der Waals surface area contributed by atoms with Gasteiger partial charge in [-0.05, 0) is 30.9 Å². The van der Waals surface area contributed by atoms with Crippen molar-refractivity contribution in [2.24, 2.45) is 5.92 Å². The minimum absolute atomic E-state index is 0.0683. The molecule has 1 aromatic heterocycles. The first-order chi connectivity index (χ1) is 11.1. The molecular weight excluding hydrogens is 294 g/mol. The largest absolute Gasteiger partial charge is 0.342 e. The molecule has 0 spiro atoms. The number of carbonyl (C=O) groups is 1. The molecule has 1 saturated heterocycles. The van der Waals surface area contributed by atoms with Crippen LogP contribution in [0.15, 0.2) is 33.9 Å². The van der Waals surface area contributed by atoms with E-state index in [1.54, 1.807) is 24.3 Å². The average Bonchev–Trinajstić information content (AvgIpc) is 2.54. The molecular formula is C17H21N3O3. The summed E-state index contributed by atoms with van der Waals surface area (Å²) in [7, 11) is 0. The molecule has 2 aromatic rings. The van der Waals surface area contributed by atoms with E-state index in [0.29, 0.717) is 16.8 Å². The topological polar surface area (TPSA) is 75.2 Å². The number of nitrogens with one attached hydrogen (secondary N) is 1. The molecule has 2 heterocycles.